The summed E-state index contributed by atoms with van der Waals surface area (Å²) in [6.45, 7) is 5.98. The van der Waals surface area contributed by atoms with Gasteiger partial charge in [-0.1, -0.05) is 106 Å². The fraction of sp³-hybridized carbons (Fsp3) is 0.222. The predicted molar refractivity (Wildman–Crippen MR) is 123 cm³/mol. The Morgan fingerprint density at radius 1 is 0.812 bits per heavy atom. The van der Waals surface area contributed by atoms with Crippen LogP contribution in [-0.4, -0.2) is 29.2 Å². The van der Waals surface area contributed by atoms with Crippen LogP contribution in [0, 0.1) is 0 Å². The minimum absolute atomic E-state index is 0.0304. The molecule has 0 aromatic heterocycles. The van der Waals surface area contributed by atoms with Crippen LogP contribution in [0.25, 0.3) is 0 Å². The zero-order valence-electron chi connectivity index (χ0n) is 18.5. The molecule has 1 heterocycles. The Kier molecular flexibility index (Phi) is 5.43. The summed E-state index contributed by atoms with van der Waals surface area (Å²) in [7, 11) is 0. The van der Waals surface area contributed by atoms with Crippen molar-refractivity contribution in [1.82, 2.24) is 10.2 Å². The van der Waals surface area contributed by atoms with Gasteiger partial charge in [-0.3, -0.25) is 14.5 Å². The van der Waals surface area contributed by atoms with Gasteiger partial charge in [0.05, 0.1) is 6.54 Å². The first-order chi connectivity index (χ1) is 15.2. The number of nitrogens with one attached hydrogen (secondary N) is 1. The largest absolute Gasteiger partial charge is 0.325 e. The number of carbonyl (C=O) groups is 3. The molecule has 0 saturated carbocycles. The zero-order chi connectivity index (χ0) is 22.9. The molecule has 1 aliphatic rings. The number of carbonyl (C=O) groups excluding carboxylic acids is 3. The molecule has 0 unspecified atom stereocenters. The van der Waals surface area contributed by atoms with Crippen LogP contribution in [0.4, 0.5) is 4.79 Å². The Bertz CT molecular complexity index is 1110. The number of Topliss-reactive ketones (excluding diaryl/α,β-unsaturated/α-hetero) is 1. The Balaban J connectivity index is 1.66. The molecule has 4 rings (SSSR count). The van der Waals surface area contributed by atoms with Crippen molar-refractivity contribution in [3.8, 4) is 0 Å². The van der Waals surface area contributed by atoms with Gasteiger partial charge in [-0.05, 0) is 22.1 Å². The molecule has 3 aromatic rings. The molecule has 1 fully saturated rings. The van der Waals surface area contributed by atoms with Gasteiger partial charge in [-0.2, -0.15) is 0 Å². The summed E-state index contributed by atoms with van der Waals surface area (Å²) in [5.41, 5.74) is 1.47. The fourth-order valence-electron chi connectivity index (χ4n) is 4.04. The minimum atomic E-state index is -1.37. The van der Waals surface area contributed by atoms with E-state index in [0.717, 1.165) is 10.5 Å². The fourth-order valence-corrected chi connectivity index (χ4v) is 4.04. The van der Waals surface area contributed by atoms with E-state index in [-0.39, 0.29) is 17.7 Å². The molecule has 0 spiro atoms. The second-order valence-corrected chi connectivity index (χ2v) is 9.05. The molecule has 3 amide bonds. The number of hydrogen-bond donors (Lipinski definition) is 1. The molecule has 5 heteroatoms. The predicted octanol–water partition coefficient (Wildman–Crippen LogP) is 4.66. The minimum Gasteiger partial charge on any atom is -0.315 e. The van der Waals surface area contributed by atoms with E-state index in [9.17, 15) is 14.4 Å². The molecule has 0 radical (unpaired) electrons. The molecular weight excluding hydrogens is 400 g/mol. The third-order valence-electron chi connectivity index (χ3n) is 5.89. The van der Waals surface area contributed by atoms with E-state index in [0.29, 0.717) is 16.7 Å². The normalized spacial score (nSPS) is 15.5. The second kappa shape index (κ2) is 8.08. The van der Waals surface area contributed by atoms with Gasteiger partial charge in [0, 0.05) is 5.56 Å². The lowest BCUT2D eigenvalue weighted by Crippen LogP contribution is -2.45. The van der Waals surface area contributed by atoms with Crippen LogP contribution in [0.1, 0.15) is 47.8 Å². The number of nitrogens with zero attached hydrogens (tertiary/aromatic N) is 1. The number of ketones is 1. The van der Waals surface area contributed by atoms with Crippen LogP contribution in [0.5, 0.6) is 0 Å². The summed E-state index contributed by atoms with van der Waals surface area (Å²) < 4.78 is 0. The Labute approximate surface area is 188 Å². The van der Waals surface area contributed by atoms with Crippen molar-refractivity contribution >= 4 is 17.7 Å². The van der Waals surface area contributed by atoms with Crippen LogP contribution in [0.3, 0.4) is 0 Å². The average Bonchev–Trinajstić information content (AvgIpc) is 3.05. The number of rotatable bonds is 5. The molecule has 3 aromatic carbocycles. The SMILES string of the molecule is CC(C)(C)c1ccc(C(=O)CN2C(=O)NC(c3ccccc3)(c3ccccc3)C2=O)cc1. The lowest BCUT2D eigenvalue weighted by Gasteiger charge is -2.28. The second-order valence-electron chi connectivity index (χ2n) is 9.05. The van der Waals surface area contributed by atoms with Crippen LogP contribution in [-0.2, 0) is 15.7 Å². The number of urea groups is 1. The van der Waals surface area contributed by atoms with Crippen molar-refractivity contribution in [2.24, 2.45) is 0 Å². The zero-order valence-corrected chi connectivity index (χ0v) is 18.5. The highest BCUT2D eigenvalue weighted by Crippen LogP contribution is 2.36. The Morgan fingerprint density at radius 2 is 1.31 bits per heavy atom. The van der Waals surface area contributed by atoms with Crippen molar-refractivity contribution in [2.45, 2.75) is 31.7 Å². The molecule has 1 aliphatic heterocycles. The molecule has 1 saturated heterocycles. The first-order valence-electron chi connectivity index (χ1n) is 10.6. The van der Waals surface area contributed by atoms with Crippen LogP contribution < -0.4 is 5.32 Å². The van der Waals surface area contributed by atoms with Gasteiger partial charge in [0.25, 0.3) is 5.91 Å². The topological polar surface area (TPSA) is 66.5 Å². The maximum absolute atomic E-state index is 13.7. The van der Waals surface area contributed by atoms with Gasteiger partial charge in [-0.15, -0.1) is 0 Å². The van der Waals surface area contributed by atoms with Gasteiger partial charge in [-0.25, -0.2) is 4.79 Å². The van der Waals surface area contributed by atoms with Crippen LogP contribution >= 0.6 is 0 Å². The quantitative estimate of drug-likeness (QED) is 0.477. The lowest BCUT2D eigenvalue weighted by atomic mass is 9.82. The number of amides is 3. The molecule has 5 nitrogen and oxygen atoms in total. The van der Waals surface area contributed by atoms with E-state index in [1.165, 1.54) is 0 Å². The molecule has 1 N–H and O–H groups in total. The first-order valence-corrected chi connectivity index (χ1v) is 10.6. The van der Waals surface area contributed by atoms with E-state index < -0.39 is 17.5 Å². The third-order valence-corrected chi connectivity index (χ3v) is 5.89. The van der Waals surface area contributed by atoms with Crippen molar-refractivity contribution < 1.29 is 14.4 Å². The number of benzene rings is 3. The van der Waals surface area contributed by atoms with Gasteiger partial charge in [0.1, 0.15) is 0 Å². The summed E-state index contributed by atoms with van der Waals surface area (Å²) in [4.78, 5) is 40.6. The monoisotopic (exact) mass is 426 g/mol. The van der Waals surface area contributed by atoms with Gasteiger partial charge >= 0.3 is 6.03 Å². The average molecular weight is 427 g/mol. The Morgan fingerprint density at radius 3 is 1.78 bits per heavy atom. The van der Waals surface area contributed by atoms with E-state index in [1.54, 1.807) is 12.1 Å². The lowest BCUT2D eigenvalue weighted by molar-refractivity contribution is -0.129. The maximum Gasteiger partial charge on any atom is 0.325 e. The van der Waals surface area contributed by atoms with E-state index in [2.05, 4.69) is 26.1 Å². The van der Waals surface area contributed by atoms with Crippen molar-refractivity contribution in [1.29, 1.82) is 0 Å². The van der Waals surface area contributed by atoms with E-state index in [4.69, 9.17) is 0 Å². The Hall–Kier alpha value is -3.73. The standard InChI is InChI=1S/C27H26N2O3/c1-26(2,3)20-16-14-19(15-17-20)23(30)18-29-24(31)27(28-25(29)32,21-10-6-4-7-11-21)22-12-8-5-9-13-22/h4-17H,18H2,1-3H3,(H,28,32). The summed E-state index contributed by atoms with van der Waals surface area (Å²) >= 11 is 0. The molecule has 162 valence electrons. The number of imide groups is 1. The first kappa shape index (κ1) is 21.5. The van der Waals surface area contributed by atoms with E-state index in [1.807, 2.05) is 72.8 Å². The van der Waals surface area contributed by atoms with Crippen LogP contribution in [0.15, 0.2) is 84.9 Å². The van der Waals surface area contributed by atoms with Gasteiger partial charge in [0.2, 0.25) is 0 Å². The van der Waals surface area contributed by atoms with Crippen molar-refractivity contribution in [3.63, 3.8) is 0 Å². The smallest absolute Gasteiger partial charge is 0.315 e. The highest BCUT2D eigenvalue weighted by Gasteiger charge is 2.54. The van der Waals surface area contributed by atoms with Crippen molar-refractivity contribution in [3.05, 3.63) is 107 Å². The molecule has 0 bridgehead atoms. The molecule has 32 heavy (non-hydrogen) atoms. The third kappa shape index (κ3) is 3.71. The molecular formula is C27H26N2O3. The summed E-state index contributed by atoms with van der Waals surface area (Å²) in [5, 5.41) is 2.87. The molecule has 0 atom stereocenters. The number of hydrogen-bond acceptors (Lipinski definition) is 3. The molecule has 0 aliphatic carbocycles. The van der Waals surface area contributed by atoms with E-state index >= 15 is 0 Å². The van der Waals surface area contributed by atoms with Gasteiger partial charge in [0.15, 0.2) is 11.3 Å². The summed E-state index contributed by atoms with van der Waals surface area (Å²) in [6.07, 6.45) is 0. The maximum atomic E-state index is 13.7. The van der Waals surface area contributed by atoms with Gasteiger partial charge < -0.3 is 5.32 Å². The highest BCUT2D eigenvalue weighted by molar-refractivity contribution is 6.13. The van der Waals surface area contributed by atoms with Crippen LogP contribution in [0.2, 0.25) is 0 Å². The van der Waals surface area contributed by atoms with Crippen molar-refractivity contribution in [2.75, 3.05) is 6.54 Å². The summed E-state index contributed by atoms with van der Waals surface area (Å²) in [6, 6.07) is 25.0. The summed E-state index contributed by atoms with van der Waals surface area (Å²) in [5.74, 6) is -0.745. The highest BCUT2D eigenvalue weighted by atomic mass is 16.2.